The first-order valence-electron chi connectivity index (χ1n) is 11.6. The van der Waals surface area contributed by atoms with Gasteiger partial charge in [-0.2, -0.15) is 0 Å². The molecule has 3 unspecified atom stereocenters. The maximum atomic E-state index is 15.5. The number of fused-ring (bicyclic) bond motifs is 1. The lowest BCUT2D eigenvalue weighted by Crippen LogP contribution is -2.46. The number of alkyl halides is 1. The summed E-state index contributed by atoms with van der Waals surface area (Å²) in [4.78, 5) is 20.3. The number of nitrogens with zero attached hydrogens (tertiary/aromatic N) is 3. The van der Waals surface area contributed by atoms with Gasteiger partial charge in [0, 0.05) is 37.7 Å². The molecule has 2 N–H and O–H groups in total. The van der Waals surface area contributed by atoms with E-state index in [2.05, 4.69) is 4.99 Å². The zero-order chi connectivity index (χ0) is 24.7. The third-order valence-electron chi connectivity index (χ3n) is 6.73. The largest absolute Gasteiger partial charge is 0.463 e. The molecule has 4 aliphatic heterocycles. The number of ether oxygens (including phenoxy) is 3. The SMILES string of the molecule is CCOC(=O)C1=CN(c2ccc(F)cc2F)C2N=C(N3CC(CN)C4(C3)OCCO4)C(F)C=C2C1. The van der Waals surface area contributed by atoms with Crippen LogP contribution in [0.5, 0.6) is 0 Å². The van der Waals surface area contributed by atoms with Crippen molar-refractivity contribution in [1.82, 2.24) is 4.90 Å². The van der Waals surface area contributed by atoms with Crippen LogP contribution in [-0.2, 0) is 19.0 Å². The van der Waals surface area contributed by atoms with Crippen LogP contribution in [0.3, 0.4) is 0 Å². The zero-order valence-corrected chi connectivity index (χ0v) is 19.3. The summed E-state index contributed by atoms with van der Waals surface area (Å²) in [6.45, 7) is 3.64. The third kappa shape index (κ3) is 4.21. The number of hydrogen-bond acceptors (Lipinski definition) is 8. The van der Waals surface area contributed by atoms with E-state index in [4.69, 9.17) is 19.9 Å². The second-order valence-corrected chi connectivity index (χ2v) is 8.88. The smallest absolute Gasteiger partial charge is 0.335 e. The second-order valence-electron chi connectivity index (χ2n) is 8.88. The molecule has 1 aromatic rings. The first-order chi connectivity index (χ1) is 16.8. The Hall–Kier alpha value is -2.89. The van der Waals surface area contributed by atoms with E-state index >= 15 is 4.39 Å². The van der Waals surface area contributed by atoms with Gasteiger partial charge in [-0.05, 0) is 30.7 Å². The van der Waals surface area contributed by atoms with E-state index in [9.17, 15) is 13.6 Å². The lowest BCUT2D eigenvalue weighted by molar-refractivity contribution is -0.169. The van der Waals surface area contributed by atoms with Crippen LogP contribution in [0.1, 0.15) is 13.3 Å². The molecule has 11 heteroatoms. The first-order valence-corrected chi connectivity index (χ1v) is 11.6. The molecule has 0 bridgehead atoms. The summed E-state index contributed by atoms with van der Waals surface area (Å²) in [5.41, 5.74) is 6.66. The number of carbonyl (C=O) groups is 1. The monoisotopic (exact) mass is 492 g/mol. The van der Waals surface area contributed by atoms with Crippen LogP contribution in [0.2, 0.25) is 0 Å². The van der Waals surface area contributed by atoms with Crippen LogP contribution in [-0.4, -0.2) is 74.3 Å². The number of nitrogens with two attached hydrogens (primary N) is 1. The van der Waals surface area contributed by atoms with Gasteiger partial charge in [-0.25, -0.2) is 23.0 Å². The number of aliphatic imine (C=N–C) groups is 1. The van der Waals surface area contributed by atoms with E-state index in [0.29, 0.717) is 31.9 Å². The minimum absolute atomic E-state index is 0.00407. The normalized spacial score (nSPS) is 27.5. The van der Waals surface area contributed by atoms with Gasteiger partial charge in [0.15, 0.2) is 12.0 Å². The van der Waals surface area contributed by atoms with E-state index in [1.54, 1.807) is 11.8 Å². The fraction of sp³-hybridized carbons (Fsp3) is 0.500. The molecule has 2 fully saturated rings. The summed E-state index contributed by atoms with van der Waals surface area (Å²) in [6.07, 6.45) is 0.549. The Kier molecular flexibility index (Phi) is 6.32. The molecule has 5 rings (SSSR count). The van der Waals surface area contributed by atoms with Gasteiger partial charge in [-0.15, -0.1) is 0 Å². The van der Waals surface area contributed by atoms with Gasteiger partial charge < -0.3 is 29.7 Å². The number of likely N-dealkylation sites (tertiary alicyclic amines) is 1. The van der Waals surface area contributed by atoms with Crippen LogP contribution >= 0.6 is 0 Å². The van der Waals surface area contributed by atoms with Crippen LogP contribution in [0, 0.1) is 17.6 Å². The molecular weight excluding hydrogens is 465 g/mol. The quantitative estimate of drug-likeness (QED) is 0.510. The maximum absolute atomic E-state index is 15.5. The van der Waals surface area contributed by atoms with Gasteiger partial charge in [-0.1, -0.05) is 0 Å². The summed E-state index contributed by atoms with van der Waals surface area (Å²) >= 11 is 0. The van der Waals surface area contributed by atoms with Crippen LogP contribution < -0.4 is 10.6 Å². The van der Waals surface area contributed by atoms with Crippen LogP contribution in [0.4, 0.5) is 18.9 Å². The minimum Gasteiger partial charge on any atom is -0.463 e. The summed E-state index contributed by atoms with van der Waals surface area (Å²) in [6, 6.07) is 3.13. The predicted octanol–water partition coefficient (Wildman–Crippen LogP) is 2.26. The predicted molar refractivity (Wildman–Crippen MR) is 121 cm³/mol. The second kappa shape index (κ2) is 9.29. The van der Waals surface area contributed by atoms with Crippen molar-refractivity contribution in [2.45, 2.75) is 31.5 Å². The van der Waals surface area contributed by atoms with Gasteiger partial charge in [0.2, 0.25) is 0 Å². The van der Waals surface area contributed by atoms with Crippen molar-refractivity contribution >= 4 is 17.5 Å². The van der Waals surface area contributed by atoms with E-state index in [0.717, 1.165) is 12.1 Å². The molecule has 1 spiro atoms. The lowest BCUT2D eigenvalue weighted by Gasteiger charge is -2.38. The van der Waals surface area contributed by atoms with Crippen molar-refractivity contribution in [2.24, 2.45) is 16.6 Å². The average molecular weight is 492 g/mol. The molecule has 4 aliphatic rings. The number of halogens is 3. The van der Waals surface area contributed by atoms with Gasteiger partial charge in [0.05, 0.1) is 37.6 Å². The van der Waals surface area contributed by atoms with Crippen LogP contribution in [0.25, 0.3) is 0 Å². The van der Waals surface area contributed by atoms with Gasteiger partial charge in [0.1, 0.15) is 23.6 Å². The number of benzene rings is 1. The molecule has 0 radical (unpaired) electrons. The molecule has 188 valence electrons. The van der Waals surface area contributed by atoms with Crippen molar-refractivity contribution in [3.63, 3.8) is 0 Å². The maximum Gasteiger partial charge on any atom is 0.335 e. The first kappa shape index (κ1) is 23.8. The standard InChI is InChI=1S/C24H27F3N4O4/c1-2-33-23(32)15-7-14-8-19(27)22(30-12-16(10-28)24(13-30)34-5-6-35-24)29-21(14)31(11-15)20-4-3-17(25)9-18(20)26/h3-4,8-9,11,16,19,21H,2,5-7,10,12-13,28H2,1H3. The highest BCUT2D eigenvalue weighted by Crippen LogP contribution is 2.39. The van der Waals surface area contributed by atoms with Gasteiger partial charge in [0.25, 0.3) is 0 Å². The van der Waals surface area contributed by atoms with E-state index < -0.39 is 35.7 Å². The highest BCUT2D eigenvalue weighted by molar-refractivity contribution is 5.93. The van der Waals surface area contributed by atoms with Crippen molar-refractivity contribution in [3.05, 3.63) is 53.3 Å². The number of rotatable bonds is 4. The van der Waals surface area contributed by atoms with Gasteiger partial charge in [-0.3, -0.25) is 0 Å². The van der Waals surface area contributed by atoms with Crippen molar-refractivity contribution < 1.29 is 32.2 Å². The van der Waals surface area contributed by atoms with E-state index in [1.165, 1.54) is 23.2 Å². The fourth-order valence-electron chi connectivity index (χ4n) is 5.11. The number of hydrogen-bond donors (Lipinski definition) is 1. The highest BCUT2D eigenvalue weighted by atomic mass is 19.1. The molecule has 0 amide bonds. The summed E-state index contributed by atoms with van der Waals surface area (Å²) in [7, 11) is 0. The number of anilines is 1. The highest BCUT2D eigenvalue weighted by Gasteiger charge is 2.52. The molecule has 2 saturated heterocycles. The number of carbonyl (C=O) groups excluding carboxylic acids is 1. The Morgan fingerprint density at radius 1 is 1.31 bits per heavy atom. The lowest BCUT2D eigenvalue weighted by atomic mass is 9.94. The average Bonchev–Trinajstić information content (AvgIpc) is 3.45. The molecule has 35 heavy (non-hydrogen) atoms. The summed E-state index contributed by atoms with van der Waals surface area (Å²) in [5, 5.41) is 0. The zero-order valence-electron chi connectivity index (χ0n) is 19.3. The Labute approximate surface area is 200 Å². The molecule has 0 saturated carbocycles. The third-order valence-corrected chi connectivity index (χ3v) is 6.73. The fourth-order valence-corrected chi connectivity index (χ4v) is 5.11. The molecule has 0 aliphatic carbocycles. The molecule has 3 atom stereocenters. The number of amidine groups is 1. The van der Waals surface area contributed by atoms with Crippen LogP contribution in [0.15, 0.2) is 46.6 Å². The molecule has 8 nitrogen and oxygen atoms in total. The number of dihydropyridines is 1. The van der Waals surface area contributed by atoms with Crippen molar-refractivity contribution in [3.8, 4) is 0 Å². The molecule has 0 aromatic heterocycles. The summed E-state index contributed by atoms with van der Waals surface area (Å²) in [5.74, 6) is -3.09. The van der Waals surface area contributed by atoms with E-state index in [-0.39, 0.29) is 42.6 Å². The molecular formula is C24H27F3N4O4. The number of esters is 1. The Morgan fingerprint density at radius 2 is 2.09 bits per heavy atom. The van der Waals surface area contributed by atoms with E-state index in [1.807, 2.05) is 0 Å². The van der Waals surface area contributed by atoms with Gasteiger partial charge >= 0.3 is 5.97 Å². The minimum atomic E-state index is -1.56. The van der Waals surface area contributed by atoms with Crippen molar-refractivity contribution in [2.75, 3.05) is 44.4 Å². The summed E-state index contributed by atoms with van der Waals surface area (Å²) < 4.78 is 60.7. The Morgan fingerprint density at radius 3 is 2.77 bits per heavy atom. The topological polar surface area (TPSA) is 89.6 Å². The molecule has 1 aromatic carbocycles. The van der Waals surface area contributed by atoms with Crippen molar-refractivity contribution in [1.29, 1.82) is 0 Å². The Bertz CT molecular complexity index is 1100. The Balaban J connectivity index is 1.52. The molecule has 4 heterocycles.